The number of rotatable bonds is 9. The quantitative estimate of drug-likeness (QED) is 0.193. The van der Waals surface area contributed by atoms with Crippen LogP contribution < -0.4 is 10.2 Å². The van der Waals surface area contributed by atoms with E-state index >= 15 is 0 Å². The molecule has 0 saturated heterocycles. The van der Waals surface area contributed by atoms with E-state index in [0.717, 1.165) is 29.1 Å². The number of nitrogens with one attached hydrogen (secondary N) is 1. The summed E-state index contributed by atoms with van der Waals surface area (Å²) in [6.45, 7) is 6.37. The van der Waals surface area contributed by atoms with Crippen molar-refractivity contribution >= 4 is 40.5 Å². The first-order chi connectivity index (χ1) is 20.1. The molecule has 0 aliphatic rings. The summed E-state index contributed by atoms with van der Waals surface area (Å²) in [4.78, 5) is 29.9. The Morgan fingerprint density at radius 3 is 2.48 bits per heavy atom. The number of benzene rings is 2. The second kappa shape index (κ2) is 11.7. The highest BCUT2D eigenvalue weighted by atomic mass is 19.1. The van der Waals surface area contributed by atoms with Crippen molar-refractivity contribution < 1.29 is 18.7 Å². The molecule has 0 fully saturated rings. The summed E-state index contributed by atoms with van der Waals surface area (Å²) in [5.74, 6) is -0.980. The largest absolute Gasteiger partial charge is 0.478 e. The van der Waals surface area contributed by atoms with Crippen LogP contribution in [0.4, 0.5) is 26.2 Å². The third kappa shape index (κ3) is 6.09. The second-order valence-corrected chi connectivity index (χ2v) is 10.1. The summed E-state index contributed by atoms with van der Waals surface area (Å²) < 4.78 is 31.7. The average Bonchev–Trinajstić information content (AvgIpc) is 3.30. The number of hydrogen-bond donors (Lipinski definition) is 2. The van der Waals surface area contributed by atoms with Crippen LogP contribution in [0.15, 0.2) is 67.0 Å². The van der Waals surface area contributed by atoms with Gasteiger partial charge >= 0.3 is 5.97 Å². The van der Waals surface area contributed by atoms with Gasteiger partial charge in [0.2, 0.25) is 5.95 Å². The summed E-state index contributed by atoms with van der Waals surface area (Å²) in [5, 5.41) is 11.8. The molecule has 9 nitrogen and oxygen atoms in total. The molecular weight excluding hydrogens is 540 g/mol. The Kier molecular flexibility index (Phi) is 7.92. The molecule has 5 aromatic rings. The zero-order chi connectivity index (χ0) is 30.0. The SMILES string of the molecule is Cc1nc2c(F)cc(-c3nc(Nc4ccc(N(C)Cc5ccc(/C=C/C(=O)O)cc5)cn4)ncc3F)cc2n1C(C)C. The Morgan fingerprint density at radius 1 is 1.05 bits per heavy atom. The molecule has 42 heavy (non-hydrogen) atoms. The van der Waals surface area contributed by atoms with Crippen molar-refractivity contribution in [3.63, 3.8) is 0 Å². The smallest absolute Gasteiger partial charge is 0.328 e. The van der Waals surface area contributed by atoms with E-state index in [-0.39, 0.29) is 28.8 Å². The van der Waals surface area contributed by atoms with Gasteiger partial charge in [-0.15, -0.1) is 0 Å². The van der Waals surface area contributed by atoms with Crippen LogP contribution in [0.2, 0.25) is 0 Å². The van der Waals surface area contributed by atoms with Crippen LogP contribution in [0.25, 0.3) is 28.4 Å². The lowest BCUT2D eigenvalue weighted by Crippen LogP contribution is -2.16. The number of carboxylic acid groups (broad SMARTS) is 1. The predicted octanol–water partition coefficient (Wildman–Crippen LogP) is 6.53. The van der Waals surface area contributed by atoms with E-state index in [9.17, 15) is 13.6 Å². The molecule has 0 atom stereocenters. The van der Waals surface area contributed by atoms with Crippen molar-refractivity contribution in [3.8, 4) is 11.3 Å². The molecule has 11 heteroatoms. The normalized spacial score (nSPS) is 11.5. The van der Waals surface area contributed by atoms with Crippen molar-refractivity contribution in [1.82, 2.24) is 24.5 Å². The fraction of sp³-hybridized carbons (Fsp3) is 0.194. The molecule has 0 unspecified atom stereocenters. The molecule has 2 aromatic carbocycles. The van der Waals surface area contributed by atoms with Gasteiger partial charge in [0.05, 0.1) is 23.6 Å². The highest BCUT2D eigenvalue weighted by Crippen LogP contribution is 2.30. The number of anilines is 3. The number of aliphatic carboxylic acids is 1. The predicted molar refractivity (Wildman–Crippen MR) is 159 cm³/mol. The first-order valence-electron chi connectivity index (χ1n) is 13.2. The van der Waals surface area contributed by atoms with E-state index < -0.39 is 17.6 Å². The fourth-order valence-electron chi connectivity index (χ4n) is 4.75. The average molecular weight is 570 g/mol. The number of fused-ring (bicyclic) bond motifs is 1. The van der Waals surface area contributed by atoms with Crippen molar-refractivity contribution in [2.24, 2.45) is 0 Å². The lowest BCUT2D eigenvalue weighted by molar-refractivity contribution is -0.131. The summed E-state index contributed by atoms with van der Waals surface area (Å²) in [6.07, 6.45) is 5.38. The molecular formula is C31H29F2N7O2. The monoisotopic (exact) mass is 569 g/mol. The molecule has 0 spiro atoms. The number of nitrogens with zero attached hydrogens (tertiary/aromatic N) is 6. The summed E-state index contributed by atoms with van der Waals surface area (Å²) >= 11 is 0. The maximum atomic E-state index is 15.0. The molecule has 0 saturated carbocycles. The molecule has 0 amide bonds. The van der Waals surface area contributed by atoms with Crippen LogP contribution >= 0.6 is 0 Å². The lowest BCUT2D eigenvalue weighted by atomic mass is 10.1. The minimum absolute atomic E-state index is 0.0386. The van der Waals surface area contributed by atoms with Gasteiger partial charge in [-0.2, -0.15) is 0 Å². The minimum Gasteiger partial charge on any atom is -0.478 e. The van der Waals surface area contributed by atoms with Crippen LogP contribution in [0.1, 0.15) is 36.8 Å². The summed E-state index contributed by atoms with van der Waals surface area (Å²) in [6, 6.07) is 14.2. The van der Waals surface area contributed by atoms with Crippen molar-refractivity contribution in [2.45, 2.75) is 33.4 Å². The van der Waals surface area contributed by atoms with Crippen LogP contribution in [-0.4, -0.2) is 42.6 Å². The standard InChI is InChI=1S/C31H29F2N7O2/c1-18(2)40-19(3)36-30-24(32)13-22(14-26(30)40)29-25(33)16-35-31(38-29)37-27-11-10-23(15-34-27)39(4)17-21-7-5-20(6-8-21)9-12-28(41)42/h5-16,18H,17H2,1-4H3,(H,41,42)(H,34,35,37,38)/b12-9+. The molecule has 0 bridgehead atoms. The van der Waals surface area contributed by atoms with Crippen LogP contribution in [0, 0.1) is 18.6 Å². The zero-order valence-electron chi connectivity index (χ0n) is 23.5. The van der Waals surface area contributed by atoms with Gasteiger partial charge in [0.15, 0.2) is 11.6 Å². The van der Waals surface area contributed by atoms with Crippen LogP contribution in [0.3, 0.4) is 0 Å². The van der Waals surface area contributed by atoms with Gasteiger partial charge in [0, 0.05) is 31.3 Å². The fourth-order valence-corrected chi connectivity index (χ4v) is 4.75. The van der Waals surface area contributed by atoms with E-state index in [2.05, 4.69) is 25.3 Å². The Hall–Kier alpha value is -5.19. The van der Waals surface area contributed by atoms with Gasteiger partial charge in [-0.25, -0.2) is 33.5 Å². The van der Waals surface area contributed by atoms with E-state index in [0.29, 0.717) is 23.7 Å². The molecule has 214 valence electrons. The van der Waals surface area contributed by atoms with Gasteiger partial charge in [0.25, 0.3) is 0 Å². The van der Waals surface area contributed by atoms with E-state index in [1.165, 1.54) is 6.07 Å². The zero-order valence-corrected chi connectivity index (χ0v) is 23.5. The van der Waals surface area contributed by atoms with Crippen molar-refractivity contribution in [3.05, 3.63) is 95.6 Å². The Bertz CT molecular complexity index is 1780. The molecule has 0 aliphatic heterocycles. The first kappa shape index (κ1) is 28.3. The molecule has 0 radical (unpaired) electrons. The van der Waals surface area contributed by atoms with Gasteiger partial charge < -0.3 is 19.9 Å². The maximum absolute atomic E-state index is 15.0. The second-order valence-electron chi connectivity index (χ2n) is 10.1. The lowest BCUT2D eigenvalue weighted by Gasteiger charge is -2.19. The van der Waals surface area contributed by atoms with Gasteiger partial charge in [0.1, 0.15) is 22.9 Å². The summed E-state index contributed by atoms with van der Waals surface area (Å²) in [7, 11) is 1.93. The van der Waals surface area contributed by atoms with E-state index in [1.54, 1.807) is 24.4 Å². The maximum Gasteiger partial charge on any atom is 0.328 e. The number of halogens is 2. The number of imidazole rings is 1. The summed E-state index contributed by atoms with van der Waals surface area (Å²) in [5.41, 5.74) is 3.74. The van der Waals surface area contributed by atoms with Crippen molar-refractivity contribution in [2.75, 3.05) is 17.3 Å². The van der Waals surface area contributed by atoms with E-state index in [1.807, 2.05) is 67.6 Å². The Labute approximate surface area is 241 Å². The number of aromatic nitrogens is 5. The molecule has 2 N–H and O–H groups in total. The highest BCUT2D eigenvalue weighted by molar-refractivity contribution is 5.85. The molecule has 0 aliphatic carbocycles. The third-order valence-corrected chi connectivity index (χ3v) is 6.71. The van der Waals surface area contributed by atoms with Gasteiger partial charge in [-0.05, 0) is 62.2 Å². The van der Waals surface area contributed by atoms with Crippen LogP contribution in [-0.2, 0) is 11.3 Å². The van der Waals surface area contributed by atoms with Gasteiger partial charge in [-0.1, -0.05) is 24.3 Å². The number of carboxylic acids is 1. The highest BCUT2D eigenvalue weighted by Gasteiger charge is 2.18. The Balaban J connectivity index is 1.32. The first-order valence-corrected chi connectivity index (χ1v) is 13.2. The number of aryl methyl sites for hydroxylation is 1. The molecule has 3 heterocycles. The number of pyridine rings is 1. The molecule has 5 rings (SSSR count). The van der Waals surface area contributed by atoms with E-state index in [4.69, 9.17) is 5.11 Å². The van der Waals surface area contributed by atoms with Crippen molar-refractivity contribution in [1.29, 1.82) is 0 Å². The topological polar surface area (TPSA) is 109 Å². The number of hydrogen-bond acceptors (Lipinski definition) is 7. The minimum atomic E-state index is -0.992. The Morgan fingerprint density at radius 2 is 1.81 bits per heavy atom. The third-order valence-electron chi connectivity index (χ3n) is 6.71. The number of carbonyl (C=O) groups is 1. The molecule has 3 aromatic heterocycles. The van der Waals surface area contributed by atoms with Crippen LogP contribution in [0.5, 0.6) is 0 Å². The van der Waals surface area contributed by atoms with Gasteiger partial charge in [-0.3, -0.25) is 0 Å².